The lowest BCUT2D eigenvalue weighted by Crippen LogP contribution is -2.40. The van der Waals surface area contributed by atoms with E-state index < -0.39 is 0 Å². The maximum atomic E-state index is 4.33. The van der Waals surface area contributed by atoms with E-state index in [9.17, 15) is 0 Å². The largest absolute Gasteiger partial charge is 0.367 e. The maximum absolute atomic E-state index is 4.33. The third-order valence-electron chi connectivity index (χ3n) is 3.40. The molecule has 0 bridgehead atoms. The zero-order chi connectivity index (χ0) is 13.8. The van der Waals surface area contributed by atoms with Crippen molar-refractivity contribution in [1.82, 2.24) is 15.0 Å². The average Bonchev–Trinajstić information content (AvgIpc) is 2.49. The Hall–Kier alpha value is -1.69. The highest BCUT2D eigenvalue weighted by Crippen LogP contribution is 2.19. The molecule has 0 unspecified atom stereocenters. The Labute approximate surface area is 126 Å². The number of hydrogen-bond acceptors (Lipinski definition) is 5. The van der Waals surface area contributed by atoms with Gasteiger partial charge in [0.15, 0.2) is 0 Å². The van der Waals surface area contributed by atoms with Crippen molar-refractivity contribution in [3.63, 3.8) is 0 Å². The molecule has 0 atom stereocenters. The minimum Gasteiger partial charge on any atom is -0.367 e. The number of rotatable bonds is 3. The lowest BCUT2D eigenvalue weighted by molar-refractivity contribution is 0.519. The van der Waals surface area contributed by atoms with Crippen LogP contribution in [0.2, 0.25) is 0 Å². The van der Waals surface area contributed by atoms with Gasteiger partial charge < -0.3 is 10.2 Å². The highest BCUT2D eigenvalue weighted by Gasteiger charge is 2.20. The summed E-state index contributed by atoms with van der Waals surface area (Å²) in [6.07, 6.45) is 7.51. The van der Waals surface area contributed by atoms with E-state index >= 15 is 0 Å². The van der Waals surface area contributed by atoms with E-state index in [4.69, 9.17) is 0 Å². The van der Waals surface area contributed by atoms with Gasteiger partial charge in [-0.2, -0.15) is 0 Å². The second kappa shape index (κ2) is 6.17. The van der Waals surface area contributed by atoms with Crippen molar-refractivity contribution < 1.29 is 0 Å². The first-order chi connectivity index (χ1) is 9.81. The number of nitrogens with zero attached hydrogens (tertiary/aromatic N) is 4. The third-order valence-corrected chi connectivity index (χ3v) is 3.90. The van der Waals surface area contributed by atoms with Crippen LogP contribution in [-0.4, -0.2) is 34.1 Å². The first kappa shape index (κ1) is 13.3. The standard InChI is InChI=1S/C14H16BrN5/c15-11-2-7-16-13(10-11)19-12-3-8-20(9-4-12)14-17-5-1-6-18-14/h1-2,5-7,10,12H,3-4,8-9H2,(H,16,19). The van der Waals surface area contributed by atoms with Crippen LogP contribution in [0, 0.1) is 0 Å². The summed E-state index contributed by atoms with van der Waals surface area (Å²) in [6.45, 7) is 1.94. The van der Waals surface area contributed by atoms with E-state index in [2.05, 4.69) is 41.1 Å². The average molecular weight is 334 g/mol. The quantitative estimate of drug-likeness (QED) is 0.935. The van der Waals surface area contributed by atoms with Crippen LogP contribution in [0.4, 0.5) is 11.8 Å². The Morgan fingerprint density at radius 1 is 1.10 bits per heavy atom. The molecule has 1 saturated heterocycles. The number of hydrogen-bond donors (Lipinski definition) is 1. The van der Waals surface area contributed by atoms with Crippen molar-refractivity contribution >= 4 is 27.7 Å². The zero-order valence-corrected chi connectivity index (χ0v) is 12.6. The predicted molar refractivity (Wildman–Crippen MR) is 82.8 cm³/mol. The molecule has 3 heterocycles. The van der Waals surface area contributed by atoms with Gasteiger partial charge in [-0.1, -0.05) is 15.9 Å². The van der Waals surface area contributed by atoms with Crippen LogP contribution in [0.15, 0.2) is 41.3 Å². The number of anilines is 2. The summed E-state index contributed by atoms with van der Waals surface area (Å²) in [6, 6.07) is 6.24. The molecule has 0 radical (unpaired) electrons. The monoisotopic (exact) mass is 333 g/mol. The number of piperidine rings is 1. The van der Waals surface area contributed by atoms with Crippen molar-refractivity contribution in [1.29, 1.82) is 0 Å². The van der Waals surface area contributed by atoms with Crippen LogP contribution < -0.4 is 10.2 Å². The van der Waals surface area contributed by atoms with Gasteiger partial charge in [-0.05, 0) is 31.0 Å². The molecule has 1 aliphatic heterocycles. The molecular formula is C14H16BrN5. The van der Waals surface area contributed by atoms with E-state index in [0.29, 0.717) is 6.04 Å². The molecular weight excluding hydrogens is 318 g/mol. The van der Waals surface area contributed by atoms with Gasteiger partial charge in [0.2, 0.25) is 5.95 Å². The van der Waals surface area contributed by atoms with Crippen LogP contribution in [0.5, 0.6) is 0 Å². The van der Waals surface area contributed by atoms with Gasteiger partial charge in [0.1, 0.15) is 5.82 Å². The molecule has 1 aliphatic rings. The second-order valence-electron chi connectivity index (χ2n) is 4.81. The molecule has 0 aliphatic carbocycles. The molecule has 0 aromatic carbocycles. The molecule has 0 amide bonds. The summed E-state index contributed by atoms with van der Waals surface area (Å²) in [5.41, 5.74) is 0. The molecule has 0 spiro atoms. The Balaban J connectivity index is 1.56. The van der Waals surface area contributed by atoms with Crippen molar-refractivity contribution in [2.24, 2.45) is 0 Å². The van der Waals surface area contributed by atoms with Gasteiger partial charge in [-0.3, -0.25) is 0 Å². The van der Waals surface area contributed by atoms with Crippen LogP contribution in [0.1, 0.15) is 12.8 Å². The lowest BCUT2D eigenvalue weighted by atomic mass is 10.1. The number of aromatic nitrogens is 3. The minimum absolute atomic E-state index is 0.455. The number of halogens is 1. The summed E-state index contributed by atoms with van der Waals surface area (Å²) in [4.78, 5) is 15.2. The SMILES string of the molecule is Brc1ccnc(NC2CCN(c3ncccn3)CC2)c1. The fourth-order valence-corrected chi connectivity index (χ4v) is 2.71. The van der Waals surface area contributed by atoms with Gasteiger partial charge in [-0.25, -0.2) is 15.0 Å². The first-order valence-corrected chi connectivity index (χ1v) is 7.50. The number of pyridine rings is 1. The molecule has 1 N–H and O–H groups in total. The first-order valence-electron chi connectivity index (χ1n) is 6.71. The van der Waals surface area contributed by atoms with Crippen LogP contribution in [-0.2, 0) is 0 Å². The Morgan fingerprint density at radius 2 is 1.85 bits per heavy atom. The topological polar surface area (TPSA) is 53.9 Å². The van der Waals surface area contributed by atoms with Gasteiger partial charge in [0.05, 0.1) is 0 Å². The van der Waals surface area contributed by atoms with Crippen LogP contribution in [0.3, 0.4) is 0 Å². The Morgan fingerprint density at radius 3 is 2.55 bits per heavy atom. The summed E-state index contributed by atoms with van der Waals surface area (Å²) in [5.74, 6) is 1.75. The number of nitrogens with one attached hydrogen (secondary N) is 1. The molecule has 2 aromatic heterocycles. The fraction of sp³-hybridized carbons (Fsp3) is 0.357. The van der Waals surface area contributed by atoms with Crippen molar-refractivity contribution in [2.75, 3.05) is 23.3 Å². The highest BCUT2D eigenvalue weighted by atomic mass is 79.9. The van der Waals surface area contributed by atoms with Gasteiger partial charge in [0.25, 0.3) is 0 Å². The Bertz CT molecular complexity index is 555. The predicted octanol–water partition coefficient (Wildman–Crippen LogP) is 2.72. The summed E-state index contributed by atoms with van der Waals surface area (Å²) < 4.78 is 1.05. The molecule has 6 heteroatoms. The summed E-state index contributed by atoms with van der Waals surface area (Å²) >= 11 is 3.46. The van der Waals surface area contributed by atoms with E-state index in [0.717, 1.165) is 42.2 Å². The van der Waals surface area contributed by atoms with Crippen LogP contribution >= 0.6 is 15.9 Å². The van der Waals surface area contributed by atoms with E-state index in [1.54, 1.807) is 18.6 Å². The molecule has 3 rings (SSSR count). The van der Waals surface area contributed by atoms with Gasteiger partial charge in [-0.15, -0.1) is 0 Å². The lowest BCUT2D eigenvalue weighted by Gasteiger charge is -2.32. The molecule has 2 aromatic rings. The second-order valence-corrected chi connectivity index (χ2v) is 5.73. The summed E-state index contributed by atoms with van der Waals surface area (Å²) in [5, 5.41) is 3.49. The minimum atomic E-state index is 0.455. The third kappa shape index (κ3) is 3.25. The van der Waals surface area contributed by atoms with E-state index in [-0.39, 0.29) is 0 Å². The Kier molecular flexibility index (Phi) is 4.11. The maximum Gasteiger partial charge on any atom is 0.225 e. The van der Waals surface area contributed by atoms with E-state index in [1.807, 2.05) is 18.2 Å². The highest BCUT2D eigenvalue weighted by molar-refractivity contribution is 9.10. The normalized spacial score (nSPS) is 16.1. The van der Waals surface area contributed by atoms with E-state index in [1.165, 1.54) is 0 Å². The van der Waals surface area contributed by atoms with Crippen LogP contribution in [0.25, 0.3) is 0 Å². The molecule has 1 fully saturated rings. The molecule has 104 valence electrons. The van der Waals surface area contributed by atoms with Gasteiger partial charge in [0, 0.05) is 42.2 Å². The fourth-order valence-electron chi connectivity index (χ4n) is 2.37. The zero-order valence-electron chi connectivity index (χ0n) is 11.0. The van der Waals surface area contributed by atoms with Crippen molar-refractivity contribution in [3.8, 4) is 0 Å². The van der Waals surface area contributed by atoms with Crippen molar-refractivity contribution in [3.05, 3.63) is 41.3 Å². The smallest absolute Gasteiger partial charge is 0.225 e. The molecule has 0 saturated carbocycles. The summed E-state index contributed by atoms with van der Waals surface area (Å²) in [7, 11) is 0. The van der Waals surface area contributed by atoms with Gasteiger partial charge >= 0.3 is 0 Å². The van der Waals surface area contributed by atoms with Crippen molar-refractivity contribution in [2.45, 2.75) is 18.9 Å². The molecule has 20 heavy (non-hydrogen) atoms. The molecule has 5 nitrogen and oxygen atoms in total.